The second-order valence-electron chi connectivity index (χ2n) is 6.81. The highest BCUT2D eigenvalue weighted by molar-refractivity contribution is 5.85. The summed E-state index contributed by atoms with van der Waals surface area (Å²) in [4.78, 5) is 23.9. The molecule has 0 unspecified atom stereocenters. The van der Waals surface area contributed by atoms with Gasteiger partial charge in [-0.1, -0.05) is 23.8 Å². The van der Waals surface area contributed by atoms with E-state index in [0.717, 1.165) is 32.1 Å². The fourth-order valence-electron chi connectivity index (χ4n) is 4.27. The van der Waals surface area contributed by atoms with Crippen molar-refractivity contribution in [2.24, 2.45) is 23.7 Å². The second kappa shape index (κ2) is 6.67. The minimum absolute atomic E-state index is 0.0354. The molecule has 4 heteroatoms. The predicted molar refractivity (Wildman–Crippen MR) is 81.5 cm³/mol. The van der Waals surface area contributed by atoms with Crippen LogP contribution < -0.4 is 10.4 Å². The van der Waals surface area contributed by atoms with E-state index in [2.05, 4.69) is 11.4 Å². The molecule has 0 aromatic heterocycles. The van der Waals surface area contributed by atoms with Gasteiger partial charge in [0.1, 0.15) is 0 Å². The van der Waals surface area contributed by atoms with Crippen molar-refractivity contribution in [2.45, 2.75) is 44.9 Å². The smallest absolute Gasteiger partial charge is 0.224 e. The lowest BCUT2D eigenvalue weighted by Gasteiger charge is -2.44. The predicted octanol–water partition coefficient (Wildman–Crippen LogP) is 1.57. The molecule has 0 saturated heterocycles. The maximum atomic E-state index is 12.5. The highest BCUT2D eigenvalue weighted by Gasteiger charge is 2.44. The van der Waals surface area contributed by atoms with Crippen molar-refractivity contribution < 1.29 is 14.7 Å². The number of aliphatic carboxylic acids is 1. The maximum Gasteiger partial charge on any atom is 0.224 e. The molecule has 4 aliphatic rings. The third kappa shape index (κ3) is 3.11. The zero-order chi connectivity index (χ0) is 15.5. The quantitative estimate of drug-likeness (QED) is 0.784. The Hall–Kier alpha value is -1.58. The van der Waals surface area contributed by atoms with Gasteiger partial charge in [-0.25, -0.2) is 0 Å². The first-order valence-electron chi connectivity index (χ1n) is 8.51. The van der Waals surface area contributed by atoms with Gasteiger partial charge in [-0.3, -0.25) is 4.79 Å². The summed E-state index contributed by atoms with van der Waals surface area (Å²) in [5, 5.41) is 14.4. The number of carbonyl (C=O) groups excluding carboxylic acids is 2. The molecular weight excluding hydrogens is 278 g/mol. The Bertz CT molecular complexity index is 508. The molecule has 0 spiro atoms. The zero-order valence-corrected chi connectivity index (χ0v) is 12.9. The van der Waals surface area contributed by atoms with Crippen LogP contribution in [0.3, 0.4) is 0 Å². The Balaban J connectivity index is 1.57. The van der Waals surface area contributed by atoms with Crippen LogP contribution in [0.25, 0.3) is 0 Å². The number of carboxylic acids is 1. The second-order valence-corrected chi connectivity index (χ2v) is 6.81. The van der Waals surface area contributed by atoms with Crippen molar-refractivity contribution in [2.75, 3.05) is 6.54 Å². The number of carbonyl (C=O) groups is 2. The number of allylic oxidation sites excluding steroid dienone is 3. The molecule has 1 amide bonds. The van der Waals surface area contributed by atoms with Crippen LogP contribution >= 0.6 is 0 Å². The van der Waals surface area contributed by atoms with Crippen molar-refractivity contribution in [3.8, 4) is 0 Å². The van der Waals surface area contributed by atoms with E-state index >= 15 is 0 Å². The van der Waals surface area contributed by atoms with Crippen LogP contribution in [0, 0.1) is 23.7 Å². The summed E-state index contributed by atoms with van der Waals surface area (Å²) in [6.07, 6.45) is 13.7. The maximum absolute atomic E-state index is 12.5. The topological polar surface area (TPSA) is 69.2 Å². The highest BCUT2D eigenvalue weighted by Crippen LogP contribution is 2.44. The van der Waals surface area contributed by atoms with Gasteiger partial charge in [0.2, 0.25) is 5.91 Å². The summed E-state index contributed by atoms with van der Waals surface area (Å²) in [6, 6.07) is 0. The van der Waals surface area contributed by atoms with E-state index in [0.29, 0.717) is 6.54 Å². The minimum Gasteiger partial charge on any atom is -0.550 e. The molecule has 1 N–H and O–H groups in total. The third-order valence-corrected chi connectivity index (χ3v) is 5.45. The first-order valence-corrected chi connectivity index (χ1v) is 8.51. The molecule has 0 aromatic carbocycles. The lowest BCUT2D eigenvalue weighted by atomic mass is 9.62. The lowest BCUT2D eigenvalue weighted by molar-refractivity contribution is -0.316. The summed E-state index contributed by atoms with van der Waals surface area (Å²) in [5.74, 6) is -2.26. The van der Waals surface area contributed by atoms with Crippen LogP contribution in [0.2, 0.25) is 0 Å². The Morgan fingerprint density at radius 3 is 2.45 bits per heavy atom. The van der Waals surface area contributed by atoms with Gasteiger partial charge in [0, 0.05) is 18.4 Å². The zero-order valence-electron chi connectivity index (χ0n) is 12.9. The molecule has 1 fully saturated rings. The Labute approximate surface area is 131 Å². The molecule has 0 radical (unpaired) electrons. The number of carboxylic acid groups (broad SMARTS) is 1. The number of rotatable bonds is 5. The van der Waals surface area contributed by atoms with Crippen molar-refractivity contribution in [3.63, 3.8) is 0 Å². The highest BCUT2D eigenvalue weighted by atomic mass is 16.4. The van der Waals surface area contributed by atoms with E-state index in [9.17, 15) is 14.7 Å². The van der Waals surface area contributed by atoms with Gasteiger partial charge in [0.15, 0.2) is 0 Å². The van der Waals surface area contributed by atoms with Crippen LogP contribution in [0.1, 0.15) is 44.9 Å². The van der Waals surface area contributed by atoms with Gasteiger partial charge in [0.25, 0.3) is 0 Å². The lowest BCUT2D eigenvalue weighted by Crippen LogP contribution is -2.52. The number of fused-ring (bicyclic) bond motifs is 2. The average molecular weight is 302 g/mol. The van der Waals surface area contributed by atoms with Crippen molar-refractivity contribution in [3.05, 3.63) is 23.8 Å². The third-order valence-electron chi connectivity index (χ3n) is 5.45. The normalized spacial score (nSPS) is 33.4. The fraction of sp³-hybridized carbons (Fsp3) is 0.667. The van der Waals surface area contributed by atoms with Crippen molar-refractivity contribution >= 4 is 11.9 Å². The van der Waals surface area contributed by atoms with Gasteiger partial charge < -0.3 is 15.2 Å². The van der Waals surface area contributed by atoms with Gasteiger partial charge >= 0.3 is 0 Å². The van der Waals surface area contributed by atoms with Gasteiger partial charge in [-0.05, 0) is 56.8 Å². The molecule has 22 heavy (non-hydrogen) atoms. The summed E-state index contributed by atoms with van der Waals surface area (Å²) >= 11 is 0. The van der Waals surface area contributed by atoms with E-state index in [4.69, 9.17) is 0 Å². The molecule has 4 rings (SSSR count). The van der Waals surface area contributed by atoms with Crippen LogP contribution in [0.4, 0.5) is 0 Å². The van der Waals surface area contributed by atoms with Crippen molar-refractivity contribution in [1.29, 1.82) is 0 Å². The molecular formula is C18H24NO3-. The van der Waals surface area contributed by atoms with E-state index in [-0.39, 0.29) is 17.7 Å². The van der Waals surface area contributed by atoms with Crippen molar-refractivity contribution in [1.82, 2.24) is 5.32 Å². The average Bonchev–Trinajstić information content (AvgIpc) is 2.55. The largest absolute Gasteiger partial charge is 0.550 e. The van der Waals surface area contributed by atoms with E-state index in [1.54, 1.807) is 0 Å². The summed E-state index contributed by atoms with van der Waals surface area (Å²) < 4.78 is 0. The van der Waals surface area contributed by atoms with Crippen LogP contribution in [0.15, 0.2) is 23.8 Å². The molecule has 0 aliphatic heterocycles. The monoisotopic (exact) mass is 302 g/mol. The van der Waals surface area contributed by atoms with Gasteiger partial charge in [0.05, 0.1) is 5.92 Å². The molecule has 2 bridgehead atoms. The first-order chi connectivity index (χ1) is 10.7. The van der Waals surface area contributed by atoms with E-state index in [1.807, 2.05) is 12.2 Å². The first kappa shape index (κ1) is 15.3. The summed E-state index contributed by atoms with van der Waals surface area (Å²) in [7, 11) is 0. The molecule has 120 valence electrons. The van der Waals surface area contributed by atoms with E-state index < -0.39 is 17.8 Å². The standard InChI is InChI=1S/C18H25NO3/c20-17(19-11-10-12-4-2-1-3-5-12)15-13-6-8-14(9-7-13)16(15)18(21)22/h4,6,8,13-16H,1-3,5,7,9-11H2,(H,19,20)(H,21,22)/p-1/t13-,14-,15-,16-/m0/s1. The fourth-order valence-corrected chi connectivity index (χ4v) is 4.27. The van der Waals surface area contributed by atoms with Crippen LogP contribution in [0.5, 0.6) is 0 Å². The van der Waals surface area contributed by atoms with Crippen LogP contribution in [-0.2, 0) is 9.59 Å². The Morgan fingerprint density at radius 1 is 1.14 bits per heavy atom. The SMILES string of the molecule is O=C([O-])[C@@H]1[C@@H](C(=O)NCCC2=CCCCC2)[C@H]2C=C[C@H]1CC2. The molecule has 0 aromatic rings. The minimum atomic E-state index is -1.07. The van der Waals surface area contributed by atoms with Gasteiger partial charge in [-0.15, -0.1) is 0 Å². The molecule has 4 nitrogen and oxygen atoms in total. The molecule has 4 aliphatic carbocycles. The molecule has 0 heterocycles. The Kier molecular flexibility index (Phi) is 4.65. The van der Waals surface area contributed by atoms with Gasteiger partial charge in [-0.2, -0.15) is 0 Å². The molecule has 1 saturated carbocycles. The van der Waals surface area contributed by atoms with E-state index in [1.165, 1.54) is 18.4 Å². The number of hydrogen-bond acceptors (Lipinski definition) is 3. The van der Waals surface area contributed by atoms with Crippen LogP contribution in [-0.4, -0.2) is 18.4 Å². The summed E-state index contributed by atoms with van der Waals surface area (Å²) in [6.45, 7) is 0.613. The number of amides is 1. The number of hydrogen-bond donors (Lipinski definition) is 1. The Morgan fingerprint density at radius 2 is 1.86 bits per heavy atom. The molecule has 4 atom stereocenters. The summed E-state index contributed by atoms with van der Waals surface area (Å²) in [5.41, 5.74) is 1.42. The number of nitrogens with one attached hydrogen (secondary N) is 1.